The van der Waals surface area contributed by atoms with E-state index in [1.807, 2.05) is 0 Å². The third kappa shape index (κ3) is 14.4. The molecule has 0 saturated carbocycles. The third-order valence-corrected chi connectivity index (χ3v) is 12.3. The van der Waals surface area contributed by atoms with Crippen LogP contribution in [0.25, 0.3) is 0 Å². The summed E-state index contributed by atoms with van der Waals surface area (Å²) in [5.41, 5.74) is 0. The first-order valence-corrected chi connectivity index (χ1v) is 23.6. The van der Waals surface area contributed by atoms with Crippen LogP contribution in [0, 0.1) is 0 Å². The lowest BCUT2D eigenvalue weighted by Crippen LogP contribution is -2.71. The molecule has 37 nitrogen and oxygen atoms in total. The van der Waals surface area contributed by atoms with E-state index >= 15 is 0 Å². The smallest absolute Gasteiger partial charge is 0.397 e. The zero-order chi connectivity index (χ0) is 54.9. The van der Waals surface area contributed by atoms with E-state index in [9.17, 15) is 116 Å². The van der Waals surface area contributed by atoms with Gasteiger partial charge in [0.05, 0.1) is 13.2 Å². The Bertz CT molecular complexity index is 2190. The van der Waals surface area contributed by atoms with Crippen LogP contribution in [0.5, 0.6) is 0 Å². The number of aliphatic hydroxyl groups excluding tert-OH is 10. The number of aliphatic hydroxyl groups is 10. The van der Waals surface area contributed by atoms with Crippen LogP contribution in [-0.4, -0.2) is 289 Å². The zero-order valence-corrected chi connectivity index (χ0v) is 38.7. The lowest BCUT2D eigenvalue weighted by molar-refractivity contribution is -0.373. The molecule has 0 aromatic heterocycles. The van der Waals surface area contributed by atoms with Gasteiger partial charge in [0.15, 0.2) is 49.8 Å². The lowest BCUT2D eigenvalue weighted by Gasteiger charge is -2.50. The fourth-order valence-electron chi connectivity index (χ4n) is 8.03. The molecule has 5 fully saturated rings. The van der Waals surface area contributed by atoms with Gasteiger partial charge in [-0.15, -0.1) is 0 Å². The van der Waals surface area contributed by atoms with Crippen molar-refractivity contribution in [3.8, 4) is 0 Å². The quantitative estimate of drug-likeness (QED) is 0.0534. The fourth-order valence-corrected chi connectivity index (χ4v) is 8.64. The van der Waals surface area contributed by atoms with Crippen molar-refractivity contribution in [1.29, 1.82) is 0 Å². The highest BCUT2D eigenvalue weighted by Crippen LogP contribution is 2.36. The Kier molecular flexibility index (Phi) is 19.9. The summed E-state index contributed by atoms with van der Waals surface area (Å²) in [6.45, 7) is -1.15. The maximum absolute atomic E-state index is 12.9. The van der Waals surface area contributed by atoms with Gasteiger partial charge in [-0.3, -0.25) is 18.7 Å². The van der Waals surface area contributed by atoms with Gasteiger partial charge in [-0.25, -0.2) is 22.7 Å². The highest BCUT2D eigenvalue weighted by Gasteiger charge is 2.59. The minimum atomic E-state index is -5.39. The van der Waals surface area contributed by atoms with Gasteiger partial charge in [0.1, 0.15) is 104 Å². The zero-order valence-electron chi connectivity index (χ0n) is 37.0. The molecule has 0 aliphatic carbocycles. The van der Waals surface area contributed by atoms with E-state index in [0.717, 1.165) is 13.8 Å². The number of ether oxygens (including phenoxy) is 9. The molecule has 5 rings (SSSR count). The van der Waals surface area contributed by atoms with E-state index in [0.29, 0.717) is 0 Å². The van der Waals surface area contributed by atoms with Gasteiger partial charge in [-0.1, -0.05) is 0 Å². The highest BCUT2D eigenvalue weighted by molar-refractivity contribution is 7.81. The number of nitrogens with one attached hydrogen (secondary N) is 2. The van der Waals surface area contributed by atoms with Gasteiger partial charge in [-0.05, 0) is 0 Å². The lowest BCUT2D eigenvalue weighted by atomic mass is 9.93. The van der Waals surface area contributed by atoms with E-state index in [-0.39, 0.29) is 0 Å². The first-order valence-electron chi connectivity index (χ1n) is 20.9. The van der Waals surface area contributed by atoms with E-state index < -0.39 is 217 Å². The van der Waals surface area contributed by atoms with Crippen molar-refractivity contribution in [1.82, 2.24) is 10.6 Å². The van der Waals surface area contributed by atoms with Gasteiger partial charge in [-0.2, -0.15) is 16.8 Å². The van der Waals surface area contributed by atoms with E-state index in [4.69, 9.17) is 42.6 Å². The van der Waals surface area contributed by atoms with Gasteiger partial charge in [0.25, 0.3) is 0 Å². The third-order valence-electron chi connectivity index (χ3n) is 11.4. The Morgan fingerprint density at radius 1 is 0.425 bits per heavy atom. The Labute approximate surface area is 408 Å². The fraction of sp³-hybridized carbons (Fsp3) is 0.853. The first kappa shape index (κ1) is 60.2. The number of carbonyl (C=O) groups is 5. The summed E-state index contributed by atoms with van der Waals surface area (Å²) in [6, 6.07) is -4.22. The number of amides is 2. The Balaban J connectivity index is 1.50. The van der Waals surface area contributed by atoms with Crippen LogP contribution in [0.15, 0.2) is 0 Å². The maximum Gasteiger partial charge on any atom is 0.397 e. The molecule has 2 amide bonds. The molecule has 420 valence electrons. The number of carboxylic acids is 3. The van der Waals surface area contributed by atoms with Crippen molar-refractivity contribution in [2.24, 2.45) is 0 Å². The van der Waals surface area contributed by atoms with Crippen LogP contribution in [0.2, 0.25) is 0 Å². The summed E-state index contributed by atoms with van der Waals surface area (Å²) in [6.07, 6.45) is -54.9. The van der Waals surface area contributed by atoms with Crippen molar-refractivity contribution >= 4 is 50.5 Å². The largest absolute Gasteiger partial charge is 0.479 e. The Morgan fingerprint density at radius 3 is 1.14 bits per heavy atom. The minimum Gasteiger partial charge on any atom is -0.479 e. The summed E-state index contributed by atoms with van der Waals surface area (Å²) in [7, 11) is -10.8. The molecule has 0 aromatic rings. The number of carbonyl (C=O) groups excluding carboxylic acids is 2. The summed E-state index contributed by atoms with van der Waals surface area (Å²) in [5, 5.41) is 142. The van der Waals surface area contributed by atoms with Crippen molar-refractivity contribution in [3.63, 3.8) is 0 Å². The van der Waals surface area contributed by atoms with Crippen molar-refractivity contribution in [2.75, 3.05) is 13.2 Å². The van der Waals surface area contributed by atoms with Crippen molar-refractivity contribution in [2.45, 2.75) is 167 Å². The van der Waals surface area contributed by atoms with Crippen LogP contribution >= 0.6 is 0 Å². The molecule has 5 aliphatic heterocycles. The van der Waals surface area contributed by atoms with Crippen LogP contribution in [0.3, 0.4) is 0 Å². The van der Waals surface area contributed by atoms with Crippen molar-refractivity contribution < 1.29 is 167 Å². The van der Waals surface area contributed by atoms with Crippen molar-refractivity contribution in [3.05, 3.63) is 0 Å². The molecule has 5 heterocycles. The molecule has 17 N–H and O–H groups in total. The maximum atomic E-state index is 12.9. The molecule has 5 saturated heterocycles. The molecule has 10 unspecified atom stereocenters. The number of aliphatic carboxylic acids is 3. The van der Waals surface area contributed by atoms with Crippen LogP contribution in [0.1, 0.15) is 13.8 Å². The number of rotatable bonds is 19. The van der Waals surface area contributed by atoms with Crippen LogP contribution in [0.4, 0.5) is 0 Å². The van der Waals surface area contributed by atoms with Gasteiger partial charge in [0, 0.05) is 13.8 Å². The second-order valence-electron chi connectivity index (χ2n) is 16.6. The molecule has 5 aliphatic rings. The first-order chi connectivity index (χ1) is 33.7. The van der Waals surface area contributed by atoms with E-state index in [1.54, 1.807) is 0 Å². The Morgan fingerprint density at radius 2 is 0.767 bits per heavy atom. The topological polar surface area (TPSA) is 583 Å². The number of carboxylic acid groups (broad SMARTS) is 3. The molecular weight excluding hydrogens is 1060 g/mol. The number of hydrogen-bond donors (Lipinski definition) is 17. The minimum absolute atomic E-state index is 0.822. The second kappa shape index (κ2) is 24.1. The highest BCUT2D eigenvalue weighted by atomic mass is 32.3. The summed E-state index contributed by atoms with van der Waals surface area (Å²) < 4.78 is 122. The average molecular weight is 1110 g/mol. The SMILES string of the molecule is CC(=O)NC1[C@H](O[C@@H]2C(C(=O)O)O[C@@H](O[C@@H]3C(NC(C)=O)[C@H](O[C@@H]4C(C(=O)O)O[C@@H](O)C(O)[C@H]4O)OC(COS(=O)(=O)O)[C@@H]3O)C(O)[C@H]2O)OC(COS(=O)(=O)O)[C@H](O)[C@@H]1O[C@@H]1OC(C(=O)O)[C@@H](O)[C@H](O)C1O. The second-order valence-corrected chi connectivity index (χ2v) is 18.8. The Hall–Kier alpha value is -3.67. The van der Waals surface area contributed by atoms with Gasteiger partial charge in [0.2, 0.25) is 11.8 Å². The summed E-state index contributed by atoms with van der Waals surface area (Å²) >= 11 is 0. The van der Waals surface area contributed by atoms with E-state index in [2.05, 4.69) is 19.0 Å². The molecule has 73 heavy (non-hydrogen) atoms. The summed E-state index contributed by atoms with van der Waals surface area (Å²) in [5.74, 6) is -8.14. The molecule has 0 bridgehead atoms. The van der Waals surface area contributed by atoms with Gasteiger partial charge < -0.3 is 120 Å². The van der Waals surface area contributed by atoms with E-state index in [1.165, 1.54) is 0 Å². The average Bonchev–Trinajstić information content (AvgIpc) is 3.27. The molecular formula is C34H52N2O35S2. The van der Waals surface area contributed by atoms with Crippen LogP contribution in [-0.2, 0) is 95.8 Å². The molecule has 0 radical (unpaired) electrons. The predicted octanol–water partition coefficient (Wildman–Crippen LogP) is -11.7. The standard InChI is InChI=1S/C34H52N2O35S2/c1-5(37)35-9-20(66-33-18(46)13(41)14(42)24(70-33)27(48)49)11(39)7(3-61-72(55,56)57)64-32(9)69-23-16(44)19(47)34(71-26(23)29(52)53)67-21-10(36-6(2)38)31(63-8(12(21)40)4-62-73(58,59)60)68-22-15(43)17(45)30(54)65-25(22)28(50)51/h7-26,30-34,39-47,54H,3-4H2,1-2H3,(H,35,37)(H,36,38)(H,48,49)(H,50,51)(H,52,53)(H,55,56,57)(H,58,59,60)/t7?,8?,9?,10?,11-,12-,13-,14-,15+,16+,17?,18?,19?,20+,21+,22-,23-,24?,25?,26?,30+,31-,32-,33+,34+/m0/s1. The number of hydrogen-bond acceptors (Lipinski definition) is 30. The molecule has 0 spiro atoms. The van der Waals surface area contributed by atoms with Gasteiger partial charge >= 0.3 is 38.7 Å². The van der Waals surface area contributed by atoms with Crippen LogP contribution < -0.4 is 10.6 Å². The predicted molar refractivity (Wildman–Crippen MR) is 212 cm³/mol. The molecule has 39 heteroatoms. The summed E-state index contributed by atoms with van der Waals surface area (Å²) in [4.78, 5) is 61.9. The normalized spacial score (nSPS) is 43.6. The molecule has 0 aromatic carbocycles. The molecule has 25 atom stereocenters. The monoisotopic (exact) mass is 1110 g/mol.